The second kappa shape index (κ2) is 8.99. The normalized spacial score (nSPS) is 10.6. The molecule has 5 heteroatoms. The second-order valence-electron chi connectivity index (χ2n) is 5.06. The summed E-state index contributed by atoms with van der Waals surface area (Å²) in [5.74, 6) is 1.07. The van der Waals surface area contributed by atoms with E-state index in [1.54, 1.807) is 25.3 Å². The number of hydrogen-bond donors (Lipinski definition) is 1. The van der Waals surface area contributed by atoms with Gasteiger partial charge in [-0.25, -0.2) is 0 Å². The molecule has 0 spiro atoms. The zero-order chi connectivity index (χ0) is 17.4. The first-order valence-electron chi connectivity index (χ1n) is 7.68. The van der Waals surface area contributed by atoms with Gasteiger partial charge in [0.05, 0.1) is 24.4 Å². The molecule has 24 heavy (non-hydrogen) atoms. The van der Waals surface area contributed by atoms with E-state index < -0.39 is 0 Å². The molecule has 0 fully saturated rings. The molecule has 0 radical (unpaired) electrons. The number of para-hydroxylation sites is 1. The lowest BCUT2D eigenvalue weighted by Crippen LogP contribution is -2.07. The number of carbonyl (C=O) groups is 1. The van der Waals surface area contributed by atoms with Gasteiger partial charge in [-0.2, -0.15) is 0 Å². The van der Waals surface area contributed by atoms with Gasteiger partial charge in [-0.15, -0.1) is 0 Å². The van der Waals surface area contributed by atoms with Gasteiger partial charge >= 0.3 is 0 Å². The fourth-order valence-corrected chi connectivity index (χ4v) is 2.21. The minimum atomic E-state index is -0.256. The Balaban J connectivity index is 2.05. The molecule has 2 rings (SSSR count). The van der Waals surface area contributed by atoms with Gasteiger partial charge in [-0.1, -0.05) is 36.7 Å². The summed E-state index contributed by atoms with van der Waals surface area (Å²) in [7, 11) is 1.59. The van der Waals surface area contributed by atoms with Crippen LogP contribution < -0.4 is 14.8 Å². The molecule has 0 heterocycles. The summed E-state index contributed by atoms with van der Waals surface area (Å²) in [6, 6.07) is 12.6. The van der Waals surface area contributed by atoms with Crippen molar-refractivity contribution in [1.29, 1.82) is 0 Å². The van der Waals surface area contributed by atoms with Crippen LogP contribution in [0.5, 0.6) is 11.5 Å². The smallest absolute Gasteiger partial charge is 0.248 e. The van der Waals surface area contributed by atoms with Crippen molar-refractivity contribution in [2.24, 2.45) is 0 Å². The van der Waals surface area contributed by atoms with Gasteiger partial charge in [-0.05, 0) is 42.3 Å². The van der Waals surface area contributed by atoms with Gasteiger partial charge in [0.25, 0.3) is 0 Å². The molecular formula is C19H20ClNO3. The zero-order valence-corrected chi connectivity index (χ0v) is 14.5. The van der Waals surface area contributed by atoms with Crippen LogP contribution in [0.1, 0.15) is 18.9 Å². The van der Waals surface area contributed by atoms with E-state index in [-0.39, 0.29) is 5.91 Å². The minimum Gasteiger partial charge on any atom is -0.493 e. The number of carbonyl (C=O) groups excluding carboxylic acids is 1. The lowest BCUT2D eigenvalue weighted by Gasteiger charge is -2.10. The SMILES string of the molecule is CCCOc1ccc(/C=C/C(=O)Nc2ccccc2Cl)cc1OC. The van der Waals surface area contributed by atoms with Crippen molar-refractivity contribution in [3.63, 3.8) is 0 Å². The maximum atomic E-state index is 12.0. The van der Waals surface area contributed by atoms with E-state index in [0.29, 0.717) is 28.8 Å². The minimum absolute atomic E-state index is 0.256. The van der Waals surface area contributed by atoms with Crippen molar-refractivity contribution in [3.05, 3.63) is 59.1 Å². The molecule has 0 saturated heterocycles. The molecule has 2 aromatic rings. The molecule has 4 nitrogen and oxygen atoms in total. The third kappa shape index (κ3) is 5.03. The summed E-state index contributed by atoms with van der Waals surface area (Å²) in [6.07, 6.45) is 4.08. The monoisotopic (exact) mass is 345 g/mol. The first-order valence-corrected chi connectivity index (χ1v) is 8.06. The second-order valence-corrected chi connectivity index (χ2v) is 5.47. The Bertz CT molecular complexity index is 728. The van der Waals surface area contributed by atoms with Gasteiger partial charge in [-0.3, -0.25) is 4.79 Å². The van der Waals surface area contributed by atoms with Gasteiger partial charge in [0, 0.05) is 6.08 Å². The third-order valence-electron chi connectivity index (χ3n) is 3.21. The Morgan fingerprint density at radius 2 is 2.00 bits per heavy atom. The van der Waals surface area contributed by atoms with Gasteiger partial charge in [0.15, 0.2) is 11.5 Å². The number of amides is 1. The van der Waals surface area contributed by atoms with Crippen LogP contribution in [0, 0.1) is 0 Å². The Hall–Kier alpha value is -2.46. The fraction of sp³-hybridized carbons (Fsp3) is 0.211. The van der Waals surface area contributed by atoms with Crippen LogP contribution in [-0.2, 0) is 4.79 Å². The Morgan fingerprint density at radius 3 is 2.71 bits per heavy atom. The average molecular weight is 346 g/mol. The maximum Gasteiger partial charge on any atom is 0.248 e. The van der Waals surface area contributed by atoms with Gasteiger partial charge in [0.2, 0.25) is 5.91 Å². The van der Waals surface area contributed by atoms with E-state index in [0.717, 1.165) is 12.0 Å². The van der Waals surface area contributed by atoms with E-state index in [4.69, 9.17) is 21.1 Å². The number of ether oxygens (including phenoxy) is 2. The number of nitrogens with one attached hydrogen (secondary N) is 1. The van der Waals surface area contributed by atoms with Crippen LogP contribution in [0.3, 0.4) is 0 Å². The number of hydrogen-bond acceptors (Lipinski definition) is 3. The highest BCUT2D eigenvalue weighted by Crippen LogP contribution is 2.28. The van der Waals surface area contributed by atoms with E-state index in [1.807, 2.05) is 37.3 Å². The predicted molar refractivity (Wildman–Crippen MR) is 97.9 cm³/mol. The van der Waals surface area contributed by atoms with E-state index in [2.05, 4.69) is 5.32 Å². The Morgan fingerprint density at radius 1 is 1.21 bits per heavy atom. The molecule has 1 amide bonds. The molecule has 0 unspecified atom stereocenters. The fourth-order valence-electron chi connectivity index (χ4n) is 2.03. The van der Waals surface area contributed by atoms with Crippen LogP contribution in [0.15, 0.2) is 48.5 Å². The van der Waals surface area contributed by atoms with Crippen LogP contribution in [-0.4, -0.2) is 19.6 Å². The first-order chi connectivity index (χ1) is 11.6. The lowest BCUT2D eigenvalue weighted by atomic mass is 10.2. The highest BCUT2D eigenvalue weighted by molar-refractivity contribution is 6.33. The third-order valence-corrected chi connectivity index (χ3v) is 3.54. The van der Waals surface area contributed by atoms with Crippen molar-refractivity contribution >= 4 is 29.3 Å². The number of rotatable bonds is 7. The van der Waals surface area contributed by atoms with Gasteiger partial charge in [0.1, 0.15) is 0 Å². The van der Waals surface area contributed by atoms with Crippen molar-refractivity contribution in [3.8, 4) is 11.5 Å². The van der Waals surface area contributed by atoms with E-state index in [9.17, 15) is 4.79 Å². The van der Waals surface area contributed by atoms with Crippen LogP contribution in [0.2, 0.25) is 5.02 Å². The molecule has 0 aliphatic rings. The lowest BCUT2D eigenvalue weighted by molar-refractivity contribution is -0.111. The summed E-state index contributed by atoms with van der Waals surface area (Å²) < 4.78 is 10.9. The molecule has 0 atom stereocenters. The molecule has 2 aromatic carbocycles. The summed E-state index contributed by atoms with van der Waals surface area (Å²) in [4.78, 5) is 12.0. The van der Waals surface area contributed by atoms with Crippen molar-refractivity contribution < 1.29 is 14.3 Å². The number of benzene rings is 2. The predicted octanol–water partition coefficient (Wildman–Crippen LogP) is 4.79. The first kappa shape index (κ1) is 17.9. The highest BCUT2D eigenvalue weighted by atomic mass is 35.5. The molecule has 0 saturated carbocycles. The van der Waals surface area contributed by atoms with Crippen LogP contribution >= 0.6 is 11.6 Å². The molecule has 126 valence electrons. The van der Waals surface area contributed by atoms with Crippen molar-refractivity contribution in [1.82, 2.24) is 0 Å². The van der Waals surface area contributed by atoms with Crippen LogP contribution in [0.4, 0.5) is 5.69 Å². The summed E-state index contributed by atoms with van der Waals surface area (Å²) >= 11 is 6.01. The number of halogens is 1. The molecule has 0 bridgehead atoms. The van der Waals surface area contributed by atoms with Crippen LogP contribution in [0.25, 0.3) is 6.08 Å². The van der Waals surface area contributed by atoms with E-state index in [1.165, 1.54) is 6.08 Å². The summed E-state index contributed by atoms with van der Waals surface area (Å²) in [5.41, 5.74) is 1.42. The van der Waals surface area contributed by atoms with Crippen molar-refractivity contribution in [2.45, 2.75) is 13.3 Å². The summed E-state index contributed by atoms with van der Waals surface area (Å²) in [5, 5.41) is 3.23. The number of methoxy groups -OCH3 is 1. The number of anilines is 1. The Kier molecular flexibility index (Phi) is 6.70. The van der Waals surface area contributed by atoms with Gasteiger partial charge < -0.3 is 14.8 Å². The molecular weight excluding hydrogens is 326 g/mol. The zero-order valence-electron chi connectivity index (χ0n) is 13.7. The summed E-state index contributed by atoms with van der Waals surface area (Å²) in [6.45, 7) is 2.67. The maximum absolute atomic E-state index is 12.0. The molecule has 0 aromatic heterocycles. The standard InChI is InChI=1S/C19H20ClNO3/c1-3-12-24-17-10-8-14(13-18(17)23-2)9-11-19(22)21-16-7-5-4-6-15(16)20/h4-11,13H,3,12H2,1-2H3,(H,21,22)/b11-9+. The average Bonchev–Trinajstić information content (AvgIpc) is 2.60. The molecule has 1 N–H and O–H groups in total. The Labute approximate surface area is 147 Å². The quantitative estimate of drug-likeness (QED) is 0.734. The van der Waals surface area contributed by atoms with E-state index >= 15 is 0 Å². The largest absolute Gasteiger partial charge is 0.493 e. The molecule has 0 aliphatic carbocycles. The topological polar surface area (TPSA) is 47.6 Å². The highest BCUT2D eigenvalue weighted by Gasteiger charge is 2.05. The molecule has 0 aliphatic heterocycles. The van der Waals surface area contributed by atoms with Crippen molar-refractivity contribution in [2.75, 3.05) is 19.0 Å².